The zero-order chi connectivity index (χ0) is 14.0. The molecule has 0 spiro atoms. The van der Waals surface area contributed by atoms with Crippen LogP contribution in [0, 0.1) is 0 Å². The molecule has 0 aromatic heterocycles. The Hall–Kier alpha value is -1.19. The fourth-order valence-electron chi connectivity index (χ4n) is 3.35. The van der Waals surface area contributed by atoms with Crippen LogP contribution in [0.25, 0.3) is 0 Å². The number of hydrogen-bond donors (Lipinski definition) is 1. The molecule has 0 amide bonds. The highest BCUT2D eigenvalue weighted by Crippen LogP contribution is 2.35. The van der Waals surface area contributed by atoms with E-state index in [1.165, 1.54) is 31.5 Å². The summed E-state index contributed by atoms with van der Waals surface area (Å²) >= 11 is 0. The monoisotopic (exact) mass is 273 g/mol. The highest BCUT2D eigenvalue weighted by molar-refractivity contribution is 5.79. The summed E-state index contributed by atoms with van der Waals surface area (Å²) in [6.07, 6.45) is 4.77. The summed E-state index contributed by atoms with van der Waals surface area (Å²) in [5.41, 5.74) is 1.49. The van der Waals surface area contributed by atoms with Gasteiger partial charge in [-0.05, 0) is 49.9 Å². The van der Waals surface area contributed by atoms with Gasteiger partial charge in [0.25, 0.3) is 0 Å². The Balaban J connectivity index is 1.67. The van der Waals surface area contributed by atoms with Crippen molar-refractivity contribution in [3.05, 3.63) is 35.4 Å². The number of carbonyl (C=O) groups excluding carboxylic acids is 1. The van der Waals surface area contributed by atoms with Crippen LogP contribution in [0.4, 0.5) is 0 Å². The molecule has 0 radical (unpaired) electrons. The van der Waals surface area contributed by atoms with Gasteiger partial charge in [-0.2, -0.15) is 0 Å². The van der Waals surface area contributed by atoms with Crippen LogP contribution in [0.15, 0.2) is 24.3 Å². The van der Waals surface area contributed by atoms with Crippen LogP contribution in [0.2, 0.25) is 0 Å². The van der Waals surface area contributed by atoms with E-state index in [1.807, 2.05) is 12.1 Å². The number of hydrogen-bond acceptors (Lipinski definition) is 3. The molecule has 1 saturated heterocycles. The zero-order valence-electron chi connectivity index (χ0n) is 12.0. The zero-order valence-corrected chi connectivity index (χ0v) is 12.0. The van der Waals surface area contributed by atoms with Gasteiger partial charge < -0.3 is 5.11 Å². The first-order valence-corrected chi connectivity index (χ1v) is 7.72. The molecule has 1 saturated carbocycles. The molecule has 2 aliphatic rings. The van der Waals surface area contributed by atoms with Gasteiger partial charge in [-0.15, -0.1) is 0 Å². The number of ketones is 1. The van der Waals surface area contributed by atoms with Crippen LogP contribution in [0.5, 0.6) is 0 Å². The predicted molar refractivity (Wildman–Crippen MR) is 78.3 cm³/mol. The minimum Gasteiger partial charge on any atom is -0.385 e. The minimum atomic E-state index is -0.792. The lowest BCUT2D eigenvalue weighted by molar-refractivity contribution is -0.125. The van der Waals surface area contributed by atoms with E-state index in [2.05, 4.69) is 17.0 Å². The second kappa shape index (κ2) is 5.66. The first kappa shape index (κ1) is 13.8. The second-order valence-electron chi connectivity index (χ2n) is 6.25. The molecule has 108 valence electrons. The molecule has 1 heterocycles. The quantitative estimate of drug-likeness (QED) is 0.920. The van der Waals surface area contributed by atoms with Crippen molar-refractivity contribution in [1.82, 2.24) is 4.90 Å². The highest BCUT2D eigenvalue weighted by Gasteiger charge is 2.33. The van der Waals surface area contributed by atoms with Crippen molar-refractivity contribution in [3.63, 3.8) is 0 Å². The van der Waals surface area contributed by atoms with E-state index in [9.17, 15) is 9.90 Å². The number of aliphatic hydroxyl groups is 1. The molecule has 1 aromatic carbocycles. The Morgan fingerprint density at radius 1 is 1.05 bits per heavy atom. The van der Waals surface area contributed by atoms with Gasteiger partial charge in [0.15, 0.2) is 0 Å². The lowest BCUT2D eigenvalue weighted by Crippen LogP contribution is -2.31. The summed E-state index contributed by atoms with van der Waals surface area (Å²) in [5.74, 6) is 0.278. The van der Waals surface area contributed by atoms with Gasteiger partial charge in [0.1, 0.15) is 5.78 Å². The molecule has 0 atom stereocenters. The van der Waals surface area contributed by atoms with Crippen LogP contribution in [0.3, 0.4) is 0 Å². The molecule has 3 rings (SSSR count). The van der Waals surface area contributed by atoms with Crippen molar-refractivity contribution in [2.75, 3.05) is 13.1 Å². The summed E-state index contributed by atoms with van der Waals surface area (Å²) in [5, 5.41) is 10.7. The summed E-state index contributed by atoms with van der Waals surface area (Å²) in [4.78, 5) is 13.8. The Labute approximate surface area is 120 Å². The molecule has 1 aliphatic heterocycles. The van der Waals surface area contributed by atoms with E-state index in [0.29, 0.717) is 25.7 Å². The highest BCUT2D eigenvalue weighted by atomic mass is 16.3. The van der Waals surface area contributed by atoms with Gasteiger partial charge in [-0.1, -0.05) is 24.3 Å². The summed E-state index contributed by atoms with van der Waals surface area (Å²) in [6.45, 7) is 3.42. The van der Waals surface area contributed by atoms with Gasteiger partial charge in [-0.25, -0.2) is 0 Å². The van der Waals surface area contributed by atoms with Crippen LogP contribution >= 0.6 is 0 Å². The lowest BCUT2D eigenvalue weighted by atomic mass is 9.79. The topological polar surface area (TPSA) is 40.5 Å². The SMILES string of the molecule is O=C1CCC(O)(c2ccc(CN3CCCC3)cc2)CC1. The molecular formula is C17H23NO2. The van der Waals surface area contributed by atoms with Crippen molar-refractivity contribution in [2.45, 2.75) is 50.7 Å². The fraction of sp³-hybridized carbons (Fsp3) is 0.588. The van der Waals surface area contributed by atoms with Crippen LogP contribution in [0.1, 0.15) is 49.7 Å². The minimum absolute atomic E-state index is 0.278. The van der Waals surface area contributed by atoms with E-state index >= 15 is 0 Å². The molecule has 2 fully saturated rings. The van der Waals surface area contributed by atoms with Crippen LogP contribution in [-0.2, 0) is 16.9 Å². The molecule has 0 unspecified atom stereocenters. The maximum Gasteiger partial charge on any atom is 0.133 e. The maximum atomic E-state index is 11.3. The van der Waals surface area contributed by atoms with E-state index in [0.717, 1.165) is 12.1 Å². The second-order valence-corrected chi connectivity index (χ2v) is 6.25. The molecular weight excluding hydrogens is 250 g/mol. The van der Waals surface area contributed by atoms with Gasteiger partial charge >= 0.3 is 0 Å². The third-order valence-electron chi connectivity index (χ3n) is 4.73. The van der Waals surface area contributed by atoms with E-state index in [4.69, 9.17) is 0 Å². The predicted octanol–water partition coefficient (Wildman–Crippen LogP) is 2.61. The number of rotatable bonds is 3. The van der Waals surface area contributed by atoms with Gasteiger partial charge in [-0.3, -0.25) is 9.69 Å². The normalized spacial score (nSPS) is 23.1. The Bertz CT molecular complexity index is 464. The van der Waals surface area contributed by atoms with Crippen molar-refractivity contribution >= 4 is 5.78 Å². The van der Waals surface area contributed by atoms with E-state index < -0.39 is 5.60 Å². The number of nitrogens with zero attached hydrogens (tertiary/aromatic N) is 1. The Morgan fingerprint density at radius 2 is 1.65 bits per heavy atom. The largest absolute Gasteiger partial charge is 0.385 e. The number of Topliss-reactive ketones (excluding diaryl/α,β-unsaturated/α-hetero) is 1. The smallest absolute Gasteiger partial charge is 0.133 e. The molecule has 0 bridgehead atoms. The van der Waals surface area contributed by atoms with Gasteiger partial charge in [0.05, 0.1) is 5.60 Å². The first-order valence-electron chi connectivity index (χ1n) is 7.72. The van der Waals surface area contributed by atoms with Crippen molar-refractivity contribution in [2.24, 2.45) is 0 Å². The lowest BCUT2D eigenvalue weighted by Gasteiger charge is -2.32. The average molecular weight is 273 g/mol. The van der Waals surface area contributed by atoms with Crippen molar-refractivity contribution < 1.29 is 9.90 Å². The van der Waals surface area contributed by atoms with Gasteiger partial charge in [0.2, 0.25) is 0 Å². The molecule has 1 aliphatic carbocycles. The number of benzene rings is 1. The van der Waals surface area contributed by atoms with Crippen LogP contribution in [-0.4, -0.2) is 28.9 Å². The van der Waals surface area contributed by atoms with Crippen LogP contribution < -0.4 is 0 Å². The molecule has 3 nitrogen and oxygen atoms in total. The van der Waals surface area contributed by atoms with E-state index in [-0.39, 0.29) is 5.78 Å². The summed E-state index contributed by atoms with van der Waals surface area (Å²) in [7, 11) is 0. The fourth-order valence-corrected chi connectivity index (χ4v) is 3.35. The number of carbonyl (C=O) groups is 1. The van der Waals surface area contributed by atoms with E-state index in [1.54, 1.807) is 0 Å². The Kier molecular flexibility index (Phi) is 3.90. The third kappa shape index (κ3) is 2.94. The number of likely N-dealkylation sites (tertiary alicyclic amines) is 1. The van der Waals surface area contributed by atoms with Crippen molar-refractivity contribution in [1.29, 1.82) is 0 Å². The standard InChI is InChI=1S/C17H23NO2/c19-16-7-9-17(20,10-8-16)15-5-3-14(4-6-15)13-18-11-1-2-12-18/h3-6,20H,1-2,7-13H2. The third-order valence-corrected chi connectivity index (χ3v) is 4.73. The summed E-state index contributed by atoms with van der Waals surface area (Å²) < 4.78 is 0. The summed E-state index contributed by atoms with van der Waals surface area (Å²) in [6, 6.07) is 8.34. The first-order chi connectivity index (χ1) is 9.66. The molecule has 3 heteroatoms. The molecule has 1 N–H and O–H groups in total. The molecule has 20 heavy (non-hydrogen) atoms. The molecule has 1 aromatic rings. The van der Waals surface area contributed by atoms with Crippen molar-refractivity contribution in [3.8, 4) is 0 Å². The Morgan fingerprint density at radius 3 is 2.25 bits per heavy atom. The average Bonchev–Trinajstić information content (AvgIpc) is 2.96. The van der Waals surface area contributed by atoms with Gasteiger partial charge in [0, 0.05) is 19.4 Å². The maximum absolute atomic E-state index is 11.3.